The molecular weight excluding hydrogens is 292 g/mol. The van der Waals surface area contributed by atoms with Crippen LogP contribution in [0.25, 0.3) is 0 Å². The average molecular weight is 320 g/mol. The number of amides is 1. The number of anilines is 2. The molecule has 0 aliphatic carbocycles. The number of hydrogen-bond donors (Lipinski definition) is 1. The zero-order valence-corrected chi connectivity index (χ0v) is 14.6. The number of hydrogen-bond acceptors (Lipinski definition) is 5. The second-order valence-electron chi connectivity index (χ2n) is 6.91. The summed E-state index contributed by atoms with van der Waals surface area (Å²) in [6, 6.07) is 5.90. The SMILES string of the molecule is CCN(C(=O)OC(C)(C)C)C1CCN(c2cccc(N)n2)CC1. The summed E-state index contributed by atoms with van der Waals surface area (Å²) in [4.78, 5) is 20.8. The lowest BCUT2D eigenvalue weighted by atomic mass is 10.0. The van der Waals surface area contributed by atoms with Crippen LogP contribution in [0.1, 0.15) is 40.5 Å². The third-order valence-electron chi connectivity index (χ3n) is 3.95. The Morgan fingerprint density at radius 1 is 1.39 bits per heavy atom. The Morgan fingerprint density at radius 3 is 2.57 bits per heavy atom. The molecule has 6 nitrogen and oxygen atoms in total. The minimum atomic E-state index is -0.462. The monoisotopic (exact) mass is 320 g/mol. The molecule has 2 N–H and O–H groups in total. The highest BCUT2D eigenvalue weighted by atomic mass is 16.6. The lowest BCUT2D eigenvalue weighted by Gasteiger charge is -2.39. The van der Waals surface area contributed by atoms with Gasteiger partial charge in [0.25, 0.3) is 0 Å². The molecule has 1 fully saturated rings. The summed E-state index contributed by atoms with van der Waals surface area (Å²) in [5.74, 6) is 1.44. The van der Waals surface area contributed by atoms with Gasteiger partial charge in [-0.05, 0) is 52.7 Å². The first-order valence-electron chi connectivity index (χ1n) is 8.27. The molecule has 2 rings (SSSR count). The predicted octanol–water partition coefficient (Wildman–Crippen LogP) is 2.89. The molecule has 1 aromatic rings. The van der Waals surface area contributed by atoms with Gasteiger partial charge < -0.3 is 20.3 Å². The number of nitrogens with two attached hydrogens (primary N) is 1. The molecule has 128 valence electrons. The zero-order valence-electron chi connectivity index (χ0n) is 14.6. The maximum absolute atomic E-state index is 12.3. The highest BCUT2D eigenvalue weighted by molar-refractivity contribution is 5.68. The quantitative estimate of drug-likeness (QED) is 0.927. The number of carbonyl (C=O) groups is 1. The smallest absolute Gasteiger partial charge is 0.410 e. The minimum Gasteiger partial charge on any atom is -0.444 e. The molecule has 0 saturated carbocycles. The normalized spacial score (nSPS) is 16.3. The van der Waals surface area contributed by atoms with Crippen LogP contribution in [0.15, 0.2) is 18.2 Å². The molecule has 0 unspecified atom stereocenters. The number of aromatic nitrogens is 1. The lowest BCUT2D eigenvalue weighted by Crippen LogP contribution is -2.49. The fourth-order valence-corrected chi connectivity index (χ4v) is 2.88. The molecule has 0 radical (unpaired) electrons. The summed E-state index contributed by atoms with van der Waals surface area (Å²) in [6.07, 6.45) is 1.59. The largest absolute Gasteiger partial charge is 0.444 e. The van der Waals surface area contributed by atoms with Crippen molar-refractivity contribution in [1.82, 2.24) is 9.88 Å². The molecule has 6 heteroatoms. The first-order valence-corrected chi connectivity index (χ1v) is 8.27. The van der Waals surface area contributed by atoms with E-state index in [2.05, 4.69) is 9.88 Å². The van der Waals surface area contributed by atoms with E-state index >= 15 is 0 Å². The molecule has 0 atom stereocenters. The van der Waals surface area contributed by atoms with Gasteiger partial charge in [0.05, 0.1) is 0 Å². The standard InChI is InChI=1S/C17H28N4O2/c1-5-21(16(22)23-17(2,3)4)13-9-11-20(12-10-13)15-8-6-7-14(18)19-15/h6-8,13H,5,9-12H2,1-4H3,(H2,18,19). The van der Waals surface area contributed by atoms with Gasteiger partial charge in [0, 0.05) is 25.7 Å². The average Bonchev–Trinajstić information content (AvgIpc) is 2.47. The molecule has 1 saturated heterocycles. The summed E-state index contributed by atoms with van der Waals surface area (Å²) in [6.45, 7) is 10.1. The van der Waals surface area contributed by atoms with Crippen LogP contribution in [0.2, 0.25) is 0 Å². The Bertz CT molecular complexity index is 534. The minimum absolute atomic E-state index is 0.215. The Morgan fingerprint density at radius 2 is 2.04 bits per heavy atom. The Labute approximate surface area is 138 Å². The van der Waals surface area contributed by atoms with Crippen LogP contribution < -0.4 is 10.6 Å². The van der Waals surface area contributed by atoms with E-state index in [1.54, 1.807) is 6.07 Å². The Hall–Kier alpha value is -1.98. The summed E-state index contributed by atoms with van der Waals surface area (Å²) < 4.78 is 5.52. The lowest BCUT2D eigenvalue weighted by molar-refractivity contribution is 0.0149. The third kappa shape index (κ3) is 4.74. The van der Waals surface area contributed by atoms with Crippen molar-refractivity contribution in [1.29, 1.82) is 0 Å². The second-order valence-corrected chi connectivity index (χ2v) is 6.91. The van der Waals surface area contributed by atoms with E-state index in [0.717, 1.165) is 31.7 Å². The number of carbonyl (C=O) groups excluding carboxylic acids is 1. The number of nitrogens with zero attached hydrogens (tertiary/aromatic N) is 3. The van der Waals surface area contributed by atoms with Crippen molar-refractivity contribution >= 4 is 17.7 Å². The summed E-state index contributed by atoms with van der Waals surface area (Å²) in [5.41, 5.74) is 5.29. The highest BCUT2D eigenvalue weighted by Crippen LogP contribution is 2.23. The van der Waals surface area contributed by atoms with Gasteiger partial charge in [-0.25, -0.2) is 9.78 Å². The van der Waals surface area contributed by atoms with Crippen molar-refractivity contribution in [2.24, 2.45) is 0 Å². The third-order valence-corrected chi connectivity index (χ3v) is 3.95. The van der Waals surface area contributed by atoms with Crippen molar-refractivity contribution < 1.29 is 9.53 Å². The number of rotatable bonds is 3. The van der Waals surface area contributed by atoms with Crippen LogP contribution in [-0.2, 0) is 4.74 Å². The first kappa shape index (κ1) is 17.4. The molecule has 0 spiro atoms. The van der Waals surface area contributed by atoms with Crippen LogP contribution in [-0.4, -0.2) is 47.3 Å². The maximum Gasteiger partial charge on any atom is 0.410 e. The van der Waals surface area contributed by atoms with E-state index in [-0.39, 0.29) is 12.1 Å². The fourth-order valence-electron chi connectivity index (χ4n) is 2.88. The van der Waals surface area contributed by atoms with Crippen molar-refractivity contribution in [3.05, 3.63) is 18.2 Å². The molecule has 1 aromatic heterocycles. The fraction of sp³-hybridized carbons (Fsp3) is 0.647. The maximum atomic E-state index is 12.3. The molecular formula is C17H28N4O2. The summed E-state index contributed by atoms with van der Waals surface area (Å²) in [7, 11) is 0. The van der Waals surface area contributed by atoms with Gasteiger partial charge in [0.1, 0.15) is 17.2 Å². The van der Waals surface area contributed by atoms with Gasteiger partial charge in [-0.1, -0.05) is 6.07 Å². The summed E-state index contributed by atoms with van der Waals surface area (Å²) >= 11 is 0. The van der Waals surface area contributed by atoms with Crippen molar-refractivity contribution in [2.75, 3.05) is 30.3 Å². The number of piperidine rings is 1. The molecule has 0 aromatic carbocycles. The Kier molecular flexibility index (Phi) is 5.34. The van der Waals surface area contributed by atoms with E-state index < -0.39 is 5.60 Å². The van der Waals surface area contributed by atoms with E-state index in [0.29, 0.717) is 12.4 Å². The van der Waals surface area contributed by atoms with Gasteiger partial charge in [-0.2, -0.15) is 0 Å². The van der Waals surface area contributed by atoms with E-state index in [4.69, 9.17) is 10.5 Å². The predicted molar refractivity (Wildman–Crippen MR) is 92.5 cm³/mol. The first-order chi connectivity index (χ1) is 10.8. The van der Waals surface area contributed by atoms with E-state index in [1.165, 1.54) is 0 Å². The van der Waals surface area contributed by atoms with Gasteiger partial charge >= 0.3 is 6.09 Å². The van der Waals surface area contributed by atoms with Gasteiger partial charge in [-0.3, -0.25) is 0 Å². The number of pyridine rings is 1. The van der Waals surface area contributed by atoms with Gasteiger partial charge in [0.15, 0.2) is 0 Å². The highest BCUT2D eigenvalue weighted by Gasteiger charge is 2.30. The molecule has 23 heavy (non-hydrogen) atoms. The molecule has 1 aliphatic heterocycles. The van der Waals surface area contributed by atoms with E-state index in [9.17, 15) is 4.79 Å². The topological polar surface area (TPSA) is 71.7 Å². The summed E-state index contributed by atoms with van der Waals surface area (Å²) in [5, 5.41) is 0. The van der Waals surface area contributed by atoms with Crippen LogP contribution in [0.5, 0.6) is 0 Å². The zero-order chi connectivity index (χ0) is 17.0. The molecule has 1 aliphatic rings. The van der Waals surface area contributed by atoms with Crippen LogP contribution in [0.3, 0.4) is 0 Å². The van der Waals surface area contributed by atoms with Crippen molar-refractivity contribution in [3.8, 4) is 0 Å². The van der Waals surface area contributed by atoms with Crippen LogP contribution in [0.4, 0.5) is 16.4 Å². The number of nitrogen functional groups attached to an aromatic ring is 1. The van der Waals surface area contributed by atoms with Crippen molar-refractivity contribution in [2.45, 2.75) is 52.2 Å². The van der Waals surface area contributed by atoms with Gasteiger partial charge in [-0.15, -0.1) is 0 Å². The van der Waals surface area contributed by atoms with Crippen LogP contribution in [0, 0.1) is 0 Å². The molecule has 2 heterocycles. The molecule has 1 amide bonds. The van der Waals surface area contributed by atoms with Gasteiger partial charge in [0.2, 0.25) is 0 Å². The number of ether oxygens (including phenoxy) is 1. The molecule has 0 bridgehead atoms. The van der Waals surface area contributed by atoms with Crippen molar-refractivity contribution in [3.63, 3.8) is 0 Å². The van der Waals surface area contributed by atoms with E-state index in [1.807, 2.05) is 44.7 Å². The second kappa shape index (κ2) is 7.06. The Balaban J connectivity index is 1.95. The van der Waals surface area contributed by atoms with Crippen LogP contribution >= 0.6 is 0 Å².